The molecule has 100 valence electrons. The van der Waals surface area contributed by atoms with Crippen molar-refractivity contribution < 1.29 is 8.42 Å². The van der Waals surface area contributed by atoms with Gasteiger partial charge in [0.2, 0.25) is 0 Å². The minimum Gasteiger partial charge on any atom is -0.392 e. The Bertz CT molecular complexity index is 349. The molecule has 0 bridgehead atoms. The summed E-state index contributed by atoms with van der Waals surface area (Å²) in [7, 11) is -2.82. The minimum atomic E-state index is -2.82. The Labute approximate surface area is 109 Å². The molecule has 1 aliphatic rings. The Balaban J connectivity index is 2.17. The molecule has 0 saturated carbocycles. The molecule has 5 nitrogen and oxygen atoms in total. The van der Waals surface area contributed by atoms with Gasteiger partial charge >= 0.3 is 0 Å². The topological polar surface area (TPSA) is 66.6 Å². The van der Waals surface area contributed by atoms with E-state index in [1.165, 1.54) is 6.26 Å². The molecule has 7 heteroatoms. The Morgan fingerprint density at radius 2 is 1.76 bits per heavy atom. The lowest BCUT2D eigenvalue weighted by atomic mass is 10.3. The van der Waals surface area contributed by atoms with Gasteiger partial charge in [-0.25, -0.2) is 8.42 Å². The van der Waals surface area contributed by atoms with Crippen molar-refractivity contribution in [3.05, 3.63) is 0 Å². The van der Waals surface area contributed by atoms with Gasteiger partial charge in [-0.3, -0.25) is 4.90 Å². The minimum absolute atomic E-state index is 0.278. The molecule has 1 rings (SSSR count). The van der Waals surface area contributed by atoms with Crippen LogP contribution in [-0.2, 0) is 9.84 Å². The third-order valence-corrected chi connectivity index (χ3v) is 3.99. The fourth-order valence-electron chi connectivity index (χ4n) is 1.94. The maximum atomic E-state index is 11.0. The highest BCUT2D eigenvalue weighted by atomic mass is 32.2. The number of sulfone groups is 1. The summed E-state index contributed by atoms with van der Waals surface area (Å²) in [4.78, 5) is 5.06. The van der Waals surface area contributed by atoms with Crippen molar-refractivity contribution in [3.8, 4) is 0 Å². The Morgan fingerprint density at radius 3 is 2.24 bits per heavy atom. The van der Waals surface area contributed by atoms with E-state index < -0.39 is 9.84 Å². The molecule has 1 heterocycles. The van der Waals surface area contributed by atoms with Crippen molar-refractivity contribution >= 4 is 27.0 Å². The van der Waals surface area contributed by atoms with Gasteiger partial charge in [0.05, 0.1) is 10.7 Å². The number of rotatable bonds is 6. The van der Waals surface area contributed by atoms with Crippen LogP contribution in [0.3, 0.4) is 0 Å². The first-order chi connectivity index (χ1) is 7.87. The molecule has 1 aliphatic heterocycles. The first kappa shape index (κ1) is 14.8. The highest BCUT2D eigenvalue weighted by Gasteiger charge is 2.17. The first-order valence-electron chi connectivity index (χ1n) is 5.77. The largest absolute Gasteiger partial charge is 0.392 e. The van der Waals surface area contributed by atoms with Crippen LogP contribution in [0.1, 0.15) is 6.42 Å². The molecule has 1 fully saturated rings. The number of nitrogens with zero attached hydrogens (tertiary/aromatic N) is 2. The van der Waals surface area contributed by atoms with Gasteiger partial charge in [0.25, 0.3) is 0 Å². The normalized spacial score (nSPS) is 19.4. The van der Waals surface area contributed by atoms with Crippen molar-refractivity contribution in [1.29, 1.82) is 0 Å². The number of hydrogen-bond donors (Lipinski definition) is 1. The van der Waals surface area contributed by atoms with Gasteiger partial charge in [-0.1, -0.05) is 12.2 Å². The molecular weight excluding hydrogens is 258 g/mol. The van der Waals surface area contributed by atoms with Gasteiger partial charge in [-0.2, -0.15) is 0 Å². The fourth-order valence-corrected chi connectivity index (χ4v) is 2.78. The molecule has 0 aromatic heterocycles. The molecular formula is C10H21N3O2S2. The molecule has 0 aliphatic carbocycles. The van der Waals surface area contributed by atoms with E-state index in [4.69, 9.17) is 18.0 Å². The van der Waals surface area contributed by atoms with Gasteiger partial charge in [0, 0.05) is 39.0 Å². The predicted octanol–water partition coefficient (Wildman–Crippen LogP) is -0.675. The van der Waals surface area contributed by atoms with Crippen LogP contribution < -0.4 is 5.73 Å². The quantitative estimate of drug-likeness (QED) is 0.650. The van der Waals surface area contributed by atoms with E-state index in [0.717, 1.165) is 32.7 Å². The van der Waals surface area contributed by atoms with E-state index in [-0.39, 0.29) is 5.75 Å². The monoisotopic (exact) mass is 279 g/mol. The van der Waals surface area contributed by atoms with Crippen molar-refractivity contribution in [3.63, 3.8) is 0 Å². The maximum absolute atomic E-state index is 11.0. The third kappa shape index (κ3) is 6.92. The number of nitrogens with two attached hydrogens (primary N) is 1. The van der Waals surface area contributed by atoms with E-state index in [1.54, 1.807) is 0 Å². The Morgan fingerprint density at radius 1 is 1.24 bits per heavy atom. The van der Waals surface area contributed by atoms with E-state index in [0.29, 0.717) is 18.0 Å². The molecule has 2 N–H and O–H groups in total. The molecule has 0 aromatic rings. The summed E-state index contributed by atoms with van der Waals surface area (Å²) in [6, 6.07) is 0. The zero-order valence-corrected chi connectivity index (χ0v) is 11.9. The summed E-state index contributed by atoms with van der Waals surface area (Å²) in [5, 5.41) is 0. The number of thiocarbonyl (C=S) groups is 1. The summed E-state index contributed by atoms with van der Waals surface area (Å²) < 4.78 is 22.0. The number of piperazine rings is 1. The van der Waals surface area contributed by atoms with Crippen LogP contribution in [0, 0.1) is 0 Å². The zero-order valence-electron chi connectivity index (χ0n) is 10.3. The van der Waals surface area contributed by atoms with E-state index >= 15 is 0 Å². The van der Waals surface area contributed by atoms with Crippen LogP contribution in [-0.4, -0.2) is 74.5 Å². The molecule has 0 atom stereocenters. The standard InChI is InChI=1S/C10H21N3O2S2/c1-17(14,15)8-2-3-12-4-6-13(7-5-12)9-10(11)16/h2-9H2,1H3,(H2,11,16). The van der Waals surface area contributed by atoms with Crippen molar-refractivity contribution in [2.75, 3.05) is 51.3 Å². The first-order valence-corrected chi connectivity index (χ1v) is 8.24. The lowest BCUT2D eigenvalue weighted by Crippen LogP contribution is -2.48. The molecule has 0 aromatic carbocycles. The summed E-state index contributed by atoms with van der Waals surface area (Å²) in [6.07, 6.45) is 2.00. The third-order valence-electron chi connectivity index (χ3n) is 2.83. The van der Waals surface area contributed by atoms with Gasteiger partial charge in [-0.15, -0.1) is 0 Å². The average Bonchev–Trinajstić information content (AvgIpc) is 2.18. The van der Waals surface area contributed by atoms with Gasteiger partial charge in [0.15, 0.2) is 0 Å². The molecule has 0 unspecified atom stereocenters. The zero-order chi connectivity index (χ0) is 12.9. The smallest absolute Gasteiger partial charge is 0.147 e. The molecule has 0 radical (unpaired) electrons. The fraction of sp³-hybridized carbons (Fsp3) is 0.900. The van der Waals surface area contributed by atoms with Gasteiger partial charge in [0.1, 0.15) is 9.84 Å². The van der Waals surface area contributed by atoms with Crippen LogP contribution in [0.5, 0.6) is 0 Å². The van der Waals surface area contributed by atoms with Gasteiger partial charge in [-0.05, 0) is 13.0 Å². The SMILES string of the molecule is CS(=O)(=O)CCCN1CCN(CC(N)=S)CC1. The summed E-state index contributed by atoms with van der Waals surface area (Å²) in [6.45, 7) is 5.38. The second-order valence-electron chi connectivity index (χ2n) is 4.57. The van der Waals surface area contributed by atoms with E-state index in [1.807, 2.05) is 0 Å². The van der Waals surface area contributed by atoms with Crippen molar-refractivity contribution in [2.45, 2.75) is 6.42 Å². The van der Waals surface area contributed by atoms with Crippen molar-refractivity contribution in [1.82, 2.24) is 9.80 Å². The molecule has 1 saturated heterocycles. The highest BCUT2D eigenvalue weighted by Crippen LogP contribution is 2.03. The number of hydrogen-bond acceptors (Lipinski definition) is 5. The molecule has 0 amide bonds. The summed E-state index contributed by atoms with van der Waals surface area (Å²) >= 11 is 4.87. The van der Waals surface area contributed by atoms with Crippen LogP contribution in [0.15, 0.2) is 0 Å². The van der Waals surface area contributed by atoms with Crippen molar-refractivity contribution in [2.24, 2.45) is 5.73 Å². The lowest BCUT2D eigenvalue weighted by Gasteiger charge is -2.34. The second-order valence-corrected chi connectivity index (χ2v) is 7.35. The van der Waals surface area contributed by atoms with E-state index in [2.05, 4.69) is 9.80 Å². The van der Waals surface area contributed by atoms with Gasteiger partial charge < -0.3 is 10.6 Å². The Kier molecular flexibility index (Phi) is 5.78. The lowest BCUT2D eigenvalue weighted by molar-refractivity contribution is 0.146. The molecule has 0 spiro atoms. The van der Waals surface area contributed by atoms with Crippen LogP contribution in [0.2, 0.25) is 0 Å². The summed E-state index contributed by atoms with van der Waals surface area (Å²) in [5.41, 5.74) is 5.50. The molecule has 17 heavy (non-hydrogen) atoms. The Hall–Kier alpha value is -0.240. The predicted molar refractivity (Wildman–Crippen MR) is 74.0 cm³/mol. The van der Waals surface area contributed by atoms with Crippen LogP contribution in [0.4, 0.5) is 0 Å². The van der Waals surface area contributed by atoms with Crippen LogP contribution in [0.25, 0.3) is 0 Å². The second kappa shape index (κ2) is 6.63. The summed E-state index contributed by atoms with van der Waals surface area (Å²) in [5.74, 6) is 0.278. The maximum Gasteiger partial charge on any atom is 0.147 e. The average molecular weight is 279 g/mol. The highest BCUT2D eigenvalue weighted by molar-refractivity contribution is 7.90. The van der Waals surface area contributed by atoms with Crippen LogP contribution >= 0.6 is 12.2 Å². The van der Waals surface area contributed by atoms with E-state index in [9.17, 15) is 8.42 Å².